The first-order chi connectivity index (χ1) is 12.3. The summed E-state index contributed by atoms with van der Waals surface area (Å²) in [7, 11) is 0. The fourth-order valence-corrected chi connectivity index (χ4v) is 3.02. The summed E-state index contributed by atoms with van der Waals surface area (Å²) in [5.74, 6) is 1.01. The molecule has 0 radical (unpaired) electrons. The average molecular weight is 445 g/mol. The van der Waals surface area contributed by atoms with Crippen LogP contribution in [0.5, 0.6) is 0 Å². The summed E-state index contributed by atoms with van der Waals surface area (Å²) in [6.07, 6.45) is 3.98. The number of nitrogens with two attached hydrogens (primary N) is 2. The number of halogens is 2. The molecule has 0 aromatic carbocycles. The van der Waals surface area contributed by atoms with E-state index in [-0.39, 0.29) is 48.6 Å². The summed E-state index contributed by atoms with van der Waals surface area (Å²) in [4.78, 5) is 23.6. The van der Waals surface area contributed by atoms with E-state index in [0.717, 1.165) is 12.8 Å². The van der Waals surface area contributed by atoms with Gasteiger partial charge in [-0.15, -0.1) is 24.8 Å². The van der Waals surface area contributed by atoms with E-state index in [1.165, 1.54) is 0 Å². The highest BCUT2D eigenvalue weighted by Crippen LogP contribution is 2.16. The Labute approximate surface area is 183 Å². The van der Waals surface area contributed by atoms with Gasteiger partial charge < -0.3 is 20.9 Å². The van der Waals surface area contributed by atoms with Crippen LogP contribution in [0.25, 0.3) is 0 Å². The van der Waals surface area contributed by atoms with Crippen molar-refractivity contribution in [2.24, 2.45) is 35.1 Å². The first kappa shape index (κ1) is 32.1. The average Bonchev–Trinajstić information content (AvgIpc) is 2.55. The lowest BCUT2D eigenvalue weighted by Gasteiger charge is -2.16. The molecule has 0 heterocycles. The molecule has 0 aliphatic rings. The summed E-state index contributed by atoms with van der Waals surface area (Å²) in [6, 6.07) is 0. The van der Waals surface area contributed by atoms with E-state index in [1.54, 1.807) is 0 Å². The number of esters is 2. The Morgan fingerprint density at radius 1 is 0.714 bits per heavy atom. The van der Waals surface area contributed by atoms with Crippen molar-refractivity contribution >= 4 is 36.8 Å². The molecule has 0 rings (SSSR count). The third-order valence-corrected chi connectivity index (χ3v) is 4.25. The Hall–Kier alpha value is -0.560. The quantitative estimate of drug-likeness (QED) is 0.294. The molecule has 0 aliphatic carbocycles. The Balaban J connectivity index is -0.00000312. The van der Waals surface area contributed by atoms with E-state index >= 15 is 0 Å². The predicted molar refractivity (Wildman–Crippen MR) is 119 cm³/mol. The maximum atomic E-state index is 11.8. The third kappa shape index (κ3) is 18.8. The highest BCUT2D eigenvalue weighted by atomic mass is 35.5. The molecule has 0 aromatic rings. The molecule has 0 unspecified atom stereocenters. The lowest BCUT2D eigenvalue weighted by atomic mass is 9.94. The maximum Gasteiger partial charge on any atom is 0.306 e. The van der Waals surface area contributed by atoms with Gasteiger partial charge in [0.05, 0.1) is 13.2 Å². The van der Waals surface area contributed by atoms with Crippen LogP contribution in [0.15, 0.2) is 0 Å². The molecule has 6 nitrogen and oxygen atoms in total. The third-order valence-electron chi connectivity index (χ3n) is 4.25. The van der Waals surface area contributed by atoms with Gasteiger partial charge in [-0.1, -0.05) is 27.7 Å². The molecule has 0 amide bonds. The van der Waals surface area contributed by atoms with Crippen molar-refractivity contribution < 1.29 is 19.1 Å². The monoisotopic (exact) mass is 444 g/mol. The number of rotatable bonds is 15. The number of carbonyl (C=O) groups excluding carboxylic acids is 2. The van der Waals surface area contributed by atoms with Gasteiger partial charge >= 0.3 is 11.9 Å². The molecule has 0 saturated heterocycles. The number of ether oxygens (including phenoxy) is 2. The second-order valence-corrected chi connectivity index (χ2v) is 8.02. The Morgan fingerprint density at radius 2 is 1.04 bits per heavy atom. The number of hydrogen-bond acceptors (Lipinski definition) is 6. The molecule has 8 heteroatoms. The van der Waals surface area contributed by atoms with Crippen LogP contribution in [0, 0.1) is 23.7 Å². The zero-order valence-electron chi connectivity index (χ0n) is 18.0. The van der Waals surface area contributed by atoms with Crippen LogP contribution in [0.4, 0.5) is 0 Å². The van der Waals surface area contributed by atoms with Gasteiger partial charge in [-0.25, -0.2) is 0 Å². The minimum Gasteiger partial charge on any atom is -0.466 e. The zero-order chi connectivity index (χ0) is 19.9. The van der Waals surface area contributed by atoms with Gasteiger partial charge in [0.15, 0.2) is 0 Å². The first-order valence-electron chi connectivity index (χ1n) is 9.99. The van der Waals surface area contributed by atoms with Crippen molar-refractivity contribution in [3.05, 3.63) is 0 Å². The topological polar surface area (TPSA) is 105 Å². The van der Waals surface area contributed by atoms with Crippen molar-refractivity contribution in [3.63, 3.8) is 0 Å². The zero-order valence-corrected chi connectivity index (χ0v) is 19.6. The van der Waals surface area contributed by atoms with Gasteiger partial charge in [0, 0.05) is 12.8 Å². The molecular formula is C20H42Cl2N2O4. The molecule has 0 aromatic heterocycles. The molecule has 0 bridgehead atoms. The molecule has 4 N–H and O–H groups in total. The Bertz CT molecular complexity index is 360. The standard InChI is InChI=1S/C20H40N2O4.2ClH/c1-15(2)9-17(13-21)11-19(23)25-7-5-6-8-26-20(24)12-18(14-22)10-16(3)4;;/h15-18H,5-14,21-22H2,1-4H3;2*1H/t17-,18-;;/m0../s1. The van der Waals surface area contributed by atoms with Gasteiger partial charge in [0.25, 0.3) is 0 Å². The normalized spacial score (nSPS) is 12.7. The lowest BCUT2D eigenvalue weighted by Crippen LogP contribution is -2.22. The first-order valence-corrected chi connectivity index (χ1v) is 9.99. The van der Waals surface area contributed by atoms with Crippen LogP contribution in [-0.4, -0.2) is 38.2 Å². The van der Waals surface area contributed by atoms with E-state index in [9.17, 15) is 9.59 Å². The summed E-state index contributed by atoms with van der Waals surface area (Å²) in [5.41, 5.74) is 11.4. The van der Waals surface area contributed by atoms with Gasteiger partial charge in [0.2, 0.25) is 0 Å². The molecule has 2 atom stereocenters. The highest BCUT2D eigenvalue weighted by molar-refractivity contribution is 5.85. The molecule has 170 valence electrons. The minimum atomic E-state index is -0.197. The van der Waals surface area contributed by atoms with Crippen LogP contribution in [0.3, 0.4) is 0 Å². The fraction of sp³-hybridized carbons (Fsp3) is 0.900. The predicted octanol–water partition coefficient (Wildman–Crippen LogP) is 3.72. The van der Waals surface area contributed by atoms with Crippen LogP contribution < -0.4 is 11.5 Å². The van der Waals surface area contributed by atoms with Gasteiger partial charge in [-0.05, 0) is 62.4 Å². The van der Waals surface area contributed by atoms with Gasteiger partial charge in [-0.2, -0.15) is 0 Å². The van der Waals surface area contributed by atoms with Crippen LogP contribution in [-0.2, 0) is 19.1 Å². The number of hydrogen-bond donors (Lipinski definition) is 2. The highest BCUT2D eigenvalue weighted by Gasteiger charge is 2.16. The summed E-state index contributed by atoms with van der Waals surface area (Å²) >= 11 is 0. The summed E-state index contributed by atoms with van der Waals surface area (Å²) < 4.78 is 10.5. The second kappa shape index (κ2) is 19.7. The Morgan fingerprint density at radius 3 is 1.29 bits per heavy atom. The largest absolute Gasteiger partial charge is 0.466 e. The number of unbranched alkanes of at least 4 members (excludes halogenated alkanes) is 1. The molecule has 0 aliphatic heterocycles. The van der Waals surface area contributed by atoms with Crippen molar-refractivity contribution in [3.8, 4) is 0 Å². The van der Waals surface area contributed by atoms with Gasteiger partial charge in [-0.3, -0.25) is 9.59 Å². The SMILES string of the molecule is CC(C)C[C@H](CN)CC(=O)OCCCCOC(=O)C[C@@H](CN)CC(C)C.Cl.Cl. The molecule has 0 saturated carbocycles. The van der Waals surface area contributed by atoms with E-state index in [0.29, 0.717) is 63.8 Å². The van der Waals surface area contributed by atoms with E-state index in [2.05, 4.69) is 27.7 Å². The Kier molecular flexibility index (Phi) is 22.6. The molecule has 28 heavy (non-hydrogen) atoms. The maximum absolute atomic E-state index is 11.8. The molecule has 0 spiro atoms. The van der Waals surface area contributed by atoms with Crippen LogP contribution in [0.1, 0.15) is 66.2 Å². The smallest absolute Gasteiger partial charge is 0.306 e. The van der Waals surface area contributed by atoms with E-state index in [4.69, 9.17) is 20.9 Å². The lowest BCUT2D eigenvalue weighted by molar-refractivity contribution is -0.147. The summed E-state index contributed by atoms with van der Waals surface area (Å²) in [6.45, 7) is 10.2. The van der Waals surface area contributed by atoms with Crippen LogP contribution >= 0.6 is 24.8 Å². The van der Waals surface area contributed by atoms with Crippen LogP contribution in [0.2, 0.25) is 0 Å². The summed E-state index contributed by atoms with van der Waals surface area (Å²) in [5, 5.41) is 0. The molecule has 0 fully saturated rings. The van der Waals surface area contributed by atoms with Crippen molar-refractivity contribution in [1.29, 1.82) is 0 Å². The number of carbonyl (C=O) groups is 2. The molecular weight excluding hydrogens is 403 g/mol. The second-order valence-electron chi connectivity index (χ2n) is 8.02. The van der Waals surface area contributed by atoms with E-state index in [1.807, 2.05) is 0 Å². The van der Waals surface area contributed by atoms with Crippen molar-refractivity contribution in [2.45, 2.75) is 66.2 Å². The van der Waals surface area contributed by atoms with Crippen molar-refractivity contribution in [2.75, 3.05) is 26.3 Å². The van der Waals surface area contributed by atoms with E-state index < -0.39 is 0 Å². The van der Waals surface area contributed by atoms with Crippen molar-refractivity contribution in [1.82, 2.24) is 0 Å². The van der Waals surface area contributed by atoms with Gasteiger partial charge in [0.1, 0.15) is 0 Å². The fourth-order valence-electron chi connectivity index (χ4n) is 3.02. The minimum absolute atomic E-state index is 0.